The summed E-state index contributed by atoms with van der Waals surface area (Å²) in [4.78, 5) is 14.8. The second-order valence-corrected chi connectivity index (χ2v) is 8.74. The highest BCUT2D eigenvalue weighted by Crippen LogP contribution is 2.24. The molecule has 1 aliphatic rings. The van der Waals surface area contributed by atoms with Gasteiger partial charge in [0.2, 0.25) is 0 Å². The molecule has 1 aliphatic heterocycles. The van der Waals surface area contributed by atoms with E-state index >= 15 is 0 Å². The quantitative estimate of drug-likeness (QED) is 0.849. The van der Waals surface area contributed by atoms with Gasteiger partial charge in [-0.3, -0.25) is 4.79 Å². The average molecular weight is 353 g/mol. The molecule has 4 nitrogen and oxygen atoms in total. The number of nitrogens with zero attached hydrogens (tertiary/aromatic N) is 1. The lowest BCUT2D eigenvalue weighted by Crippen LogP contribution is -2.40. The van der Waals surface area contributed by atoms with Crippen molar-refractivity contribution >= 4 is 27.1 Å². The van der Waals surface area contributed by atoms with Crippen LogP contribution in [0.5, 0.6) is 0 Å². The lowest BCUT2D eigenvalue weighted by molar-refractivity contribution is 0.0684. The van der Waals surface area contributed by atoms with Crippen LogP contribution in [0, 0.1) is 5.82 Å². The van der Waals surface area contributed by atoms with Gasteiger partial charge in [-0.15, -0.1) is 11.3 Å². The Labute approximate surface area is 138 Å². The minimum absolute atomic E-state index is 0.0570. The highest BCUT2D eigenvalue weighted by atomic mass is 32.2. The predicted octanol–water partition coefficient (Wildman–Crippen LogP) is 2.72. The first-order chi connectivity index (χ1) is 11.0. The molecule has 1 amide bonds. The van der Waals surface area contributed by atoms with E-state index < -0.39 is 21.7 Å². The van der Waals surface area contributed by atoms with Crippen LogP contribution < -0.4 is 0 Å². The van der Waals surface area contributed by atoms with Crippen LogP contribution in [0.25, 0.3) is 0 Å². The van der Waals surface area contributed by atoms with Crippen molar-refractivity contribution in [2.75, 3.05) is 11.5 Å². The van der Waals surface area contributed by atoms with Crippen LogP contribution in [0.2, 0.25) is 0 Å². The third kappa shape index (κ3) is 3.61. The molecule has 0 bridgehead atoms. The molecule has 0 N–H and O–H groups in total. The third-order valence-electron chi connectivity index (χ3n) is 3.94. The second-order valence-electron chi connectivity index (χ2n) is 5.56. The van der Waals surface area contributed by atoms with Crippen LogP contribution in [0.3, 0.4) is 0 Å². The van der Waals surface area contributed by atoms with E-state index in [9.17, 15) is 17.6 Å². The van der Waals surface area contributed by atoms with Crippen LogP contribution in [0.1, 0.15) is 21.7 Å². The summed E-state index contributed by atoms with van der Waals surface area (Å²) >= 11 is 1.30. The number of rotatable bonds is 4. The Hall–Kier alpha value is -1.73. The van der Waals surface area contributed by atoms with Crippen LogP contribution in [-0.2, 0) is 16.4 Å². The van der Waals surface area contributed by atoms with Gasteiger partial charge < -0.3 is 4.90 Å². The maximum absolute atomic E-state index is 13.9. The van der Waals surface area contributed by atoms with Crippen LogP contribution in [0.4, 0.5) is 4.39 Å². The Morgan fingerprint density at radius 2 is 2.04 bits per heavy atom. The van der Waals surface area contributed by atoms with Gasteiger partial charge >= 0.3 is 0 Å². The molecule has 0 aliphatic carbocycles. The van der Waals surface area contributed by atoms with Crippen molar-refractivity contribution in [3.05, 3.63) is 58.0 Å². The number of hydrogen-bond donors (Lipinski definition) is 0. The van der Waals surface area contributed by atoms with Gasteiger partial charge in [-0.25, -0.2) is 12.8 Å². The van der Waals surface area contributed by atoms with Crippen molar-refractivity contribution < 1.29 is 17.6 Å². The van der Waals surface area contributed by atoms with Crippen molar-refractivity contribution in [2.24, 2.45) is 0 Å². The number of amides is 1. The minimum atomic E-state index is -3.13. The normalized spacial score (nSPS) is 19.6. The highest BCUT2D eigenvalue weighted by molar-refractivity contribution is 7.91. The summed E-state index contributed by atoms with van der Waals surface area (Å²) in [7, 11) is -3.13. The van der Waals surface area contributed by atoms with Crippen LogP contribution in [0.15, 0.2) is 41.8 Å². The molecule has 2 heterocycles. The summed E-state index contributed by atoms with van der Waals surface area (Å²) in [6, 6.07) is 9.31. The largest absolute Gasteiger partial charge is 0.329 e. The Morgan fingerprint density at radius 3 is 2.65 bits per heavy atom. The van der Waals surface area contributed by atoms with E-state index in [0.717, 1.165) is 0 Å². The Balaban J connectivity index is 1.90. The first-order valence-electron chi connectivity index (χ1n) is 7.24. The molecular weight excluding hydrogens is 337 g/mol. The van der Waals surface area contributed by atoms with E-state index in [0.29, 0.717) is 16.9 Å². The van der Waals surface area contributed by atoms with Gasteiger partial charge in [-0.05, 0) is 23.9 Å². The molecule has 1 fully saturated rings. The average Bonchev–Trinajstić information content (AvgIpc) is 3.15. The first kappa shape index (κ1) is 16.1. The third-order valence-corrected chi connectivity index (χ3v) is 6.55. The van der Waals surface area contributed by atoms with Crippen LogP contribution >= 0.6 is 11.3 Å². The monoisotopic (exact) mass is 353 g/mol. The van der Waals surface area contributed by atoms with Crippen LogP contribution in [-0.4, -0.2) is 36.8 Å². The Bertz CT molecular complexity index is 802. The van der Waals surface area contributed by atoms with E-state index in [1.54, 1.807) is 35.7 Å². The fourth-order valence-corrected chi connectivity index (χ4v) is 5.15. The van der Waals surface area contributed by atoms with E-state index in [1.807, 2.05) is 0 Å². The van der Waals surface area contributed by atoms with Crippen molar-refractivity contribution in [3.63, 3.8) is 0 Å². The van der Waals surface area contributed by atoms with Crippen molar-refractivity contribution in [3.8, 4) is 0 Å². The molecule has 0 spiro atoms. The number of halogens is 1. The molecule has 0 saturated carbocycles. The summed E-state index contributed by atoms with van der Waals surface area (Å²) in [5.74, 6) is -0.621. The van der Waals surface area contributed by atoms with Gasteiger partial charge in [0.1, 0.15) is 5.82 Å². The number of carbonyl (C=O) groups excluding carboxylic acids is 1. The minimum Gasteiger partial charge on any atom is -0.329 e. The Morgan fingerprint density at radius 1 is 1.26 bits per heavy atom. The number of sulfone groups is 1. The van der Waals surface area contributed by atoms with E-state index in [2.05, 4.69) is 0 Å². The maximum atomic E-state index is 13.9. The van der Waals surface area contributed by atoms with E-state index in [1.165, 1.54) is 22.3 Å². The molecule has 1 saturated heterocycles. The molecule has 122 valence electrons. The molecule has 1 atom stereocenters. The summed E-state index contributed by atoms with van der Waals surface area (Å²) in [5, 5.41) is 1.79. The molecule has 1 aromatic heterocycles. The number of thiophene rings is 1. The lowest BCUT2D eigenvalue weighted by Gasteiger charge is -2.28. The topological polar surface area (TPSA) is 54.5 Å². The zero-order valence-electron chi connectivity index (χ0n) is 12.3. The smallest absolute Gasteiger partial charge is 0.264 e. The fraction of sp³-hybridized carbons (Fsp3) is 0.312. The summed E-state index contributed by atoms with van der Waals surface area (Å²) in [6.07, 6.45) is 0.397. The molecule has 23 heavy (non-hydrogen) atoms. The zero-order valence-corrected chi connectivity index (χ0v) is 13.9. The molecule has 1 aromatic carbocycles. The maximum Gasteiger partial charge on any atom is 0.264 e. The summed E-state index contributed by atoms with van der Waals surface area (Å²) in [6.45, 7) is 0.0730. The number of hydrogen-bond acceptors (Lipinski definition) is 4. The van der Waals surface area contributed by atoms with E-state index in [4.69, 9.17) is 0 Å². The van der Waals surface area contributed by atoms with E-state index in [-0.39, 0.29) is 24.0 Å². The summed E-state index contributed by atoms with van der Waals surface area (Å²) in [5.41, 5.74) is 0.390. The predicted molar refractivity (Wildman–Crippen MR) is 87.7 cm³/mol. The van der Waals surface area contributed by atoms with Gasteiger partial charge in [0.15, 0.2) is 9.84 Å². The number of benzene rings is 1. The van der Waals surface area contributed by atoms with Gasteiger partial charge in [0, 0.05) is 18.2 Å². The first-order valence-corrected chi connectivity index (χ1v) is 9.95. The lowest BCUT2D eigenvalue weighted by atomic mass is 10.1. The summed E-state index contributed by atoms with van der Waals surface area (Å²) < 4.78 is 37.5. The molecule has 0 unspecified atom stereocenters. The molecule has 3 rings (SSSR count). The van der Waals surface area contributed by atoms with Crippen molar-refractivity contribution in [2.45, 2.75) is 19.0 Å². The van der Waals surface area contributed by atoms with Gasteiger partial charge in [-0.1, -0.05) is 24.3 Å². The van der Waals surface area contributed by atoms with Gasteiger partial charge in [0.05, 0.1) is 16.4 Å². The second kappa shape index (κ2) is 6.41. The van der Waals surface area contributed by atoms with Gasteiger partial charge in [0.25, 0.3) is 5.91 Å². The Kier molecular flexibility index (Phi) is 4.50. The molecule has 7 heteroatoms. The number of carbonyl (C=O) groups is 1. The zero-order chi connectivity index (χ0) is 16.4. The molecular formula is C16H16FNO3S2. The van der Waals surface area contributed by atoms with Crippen molar-refractivity contribution in [1.29, 1.82) is 0 Å². The van der Waals surface area contributed by atoms with Gasteiger partial charge in [-0.2, -0.15) is 0 Å². The van der Waals surface area contributed by atoms with Crippen molar-refractivity contribution in [1.82, 2.24) is 4.90 Å². The standard InChI is InChI=1S/C16H16FNO3S2/c17-14-5-2-1-4-12(14)10-18(13-7-9-23(20,21)11-13)16(19)15-6-3-8-22-15/h1-6,8,13H,7,9-11H2/t13-/m0/s1. The SMILES string of the molecule is O=C(c1cccs1)N(Cc1ccccc1F)[C@H]1CCS(=O)(=O)C1. The fourth-order valence-electron chi connectivity index (χ4n) is 2.74. The molecule has 2 aromatic rings. The highest BCUT2D eigenvalue weighted by Gasteiger charge is 2.35. The molecule has 0 radical (unpaired) electrons.